The van der Waals surface area contributed by atoms with Crippen molar-refractivity contribution in [2.45, 2.75) is 79.9 Å². The molecule has 4 atom stereocenters. The van der Waals surface area contributed by atoms with E-state index in [1.807, 2.05) is 0 Å². The Morgan fingerprint density at radius 2 is 1.69 bits per heavy atom. The Kier molecular flexibility index (Phi) is 2.87. The van der Waals surface area contributed by atoms with Crippen LogP contribution in [0.3, 0.4) is 0 Å². The Morgan fingerprint density at radius 1 is 1.00 bits per heavy atom. The van der Waals surface area contributed by atoms with Crippen molar-refractivity contribution in [3.63, 3.8) is 0 Å². The Labute approximate surface area is 106 Å². The molecule has 3 rings (SSSR count). The van der Waals surface area contributed by atoms with Crippen molar-refractivity contribution >= 4 is 16.0 Å². The van der Waals surface area contributed by atoms with E-state index in [0.717, 1.165) is 25.7 Å². The fraction of sp³-hybridized carbons (Fsp3) is 1.00. The fourth-order valence-electron chi connectivity index (χ4n) is 3.88. The van der Waals surface area contributed by atoms with Crippen LogP contribution < -0.4 is 0 Å². The second-order valence-corrected chi connectivity index (χ2v) is 7.66. The Morgan fingerprint density at radius 3 is 2.50 bits per heavy atom. The van der Waals surface area contributed by atoms with E-state index in [-0.39, 0.29) is 10.4 Å². The van der Waals surface area contributed by atoms with Gasteiger partial charge in [-0.25, -0.2) is 0 Å². The van der Waals surface area contributed by atoms with Crippen LogP contribution in [-0.2, 0) is 4.74 Å². The van der Waals surface area contributed by atoms with Crippen LogP contribution in [0.1, 0.15) is 57.8 Å². The Hall–Kier alpha value is 0.439. The predicted molar refractivity (Wildman–Crippen MR) is 63.6 cm³/mol. The van der Waals surface area contributed by atoms with Crippen LogP contribution in [-0.4, -0.2) is 38.9 Å². The Balaban J connectivity index is 1.84. The Bertz CT molecular complexity index is 257. The summed E-state index contributed by atoms with van der Waals surface area (Å²) < 4.78 is 6.34. The molecular formula is C13H21O2Se. The molecule has 0 aromatic heterocycles. The molecule has 1 heterocycles. The first-order valence-electron chi connectivity index (χ1n) is 6.71. The molecule has 1 radical (unpaired) electrons. The summed E-state index contributed by atoms with van der Waals surface area (Å²) in [6.07, 6.45) is 10.7. The zero-order valence-electron chi connectivity index (χ0n) is 9.78. The summed E-state index contributed by atoms with van der Waals surface area (Å²) in [5.74, 6) is 0. The summed E-state index contributed by atoms with van der Waals surface area (Å²) in [5, 5.41) is 10.8. The third-order valence-corrected chi connectivity index (χ3v) is 6.04. The molecule has 3 fully saturated rings. The van der Waals surface area contributed by atoms with Crippen LogP contribution in [0.4, 0.5) is 0 Å². The maximum atomic E-state index is 10.8. The quantitative estimate of drug-likeness (QED) is 0.693. The van der Waals surface area contributed by atoms with Gasteiger partial charge >= 0.3 is 106 Å². The van der Waals surface area contributed by atoms with Gasteiger partial charge in [0.25, 0.3) is 0 Å². The number of hydrogen-bond acceptors (Lipinski definition) is 2. The van der Waals surface area contributed by atoms with Crippen molar-refractivity contribution in [2.24, 2.45) is 0 Å². The van der Waals surface area contributed by atoms with E-state index in [1.54, 1.807) is 0 Å². The number of rotatable bonds is 0. The van der Waals surface area contributed by atoms with E-state index >= 15 is 0 Å². The molecule has 0 amide bonds. The molecule has 2 nitrogen and oxygen atoms in total. The zero-order valence-corrected chi connectivity index (χ0v) is 11.5. The van der Waals surface area contributed by atoms with Crippen LogP contribution in [0.5, 0.6) is 0 Å². The first kappa shape index (κ1) is 11.5. The van der Waals surface area contributed by atoms with Crippen molar-refractivity contribution in [2.75, 3.05) is 0 Å². The summed E-state index contributed by atoms with van der Waals surface area (Å²) >= 11 is 3.37. The van der Waals surface area contributed by atoms with Gasteiger partial charge in [0.1, 0.15) is 0 Å². The predicted octanol–water partition coefficient (Wildman–Crippen LogP) is 2.35. The number of ether oxygens (including phenoxy) is 1. The molecule has 2 aliphatic carbocycles. The molecule has 16 heavy (non-hydrogen) atoms. The van der Waals surface area contributed by atoms with Gasteiger partial charge in [0, 0.05) is 0 Å². The van der Waals surface area contributed by atoms with Gasteiger partial charge in [-0.15, -0.1) is 0 Å². The molecule has 0 aromatic carbocycles. The van der Waals surface area contributed by atoms with Gasteiger partial charge in [-0.2, -0.15) is 0 Å². The first-order chi connectivity index (χ1) is 7.62. The van der Waals surface area contributed by atoms with Gasteiger partial charge in [-0.05, 0) is 0 Å². The summed E-state index contributed by atoms with van der Waals surface area (Å²) in [6.45, 7) is 0. The average Bonchev–Trinajstić information content (AvgIpc) is 2.24. The molecule has 0 aromatic rings. The average molecular weight is 288 g/mol. The fourth-order valence-corrected chi connectivity index (χ4v) is 5.07. The van der Waals surface area contributed by atoms with Crippen LogP contribution in [0.25, 0.3) is 0 Å². The SMILES string of the molecule is OC12CCCCC1OC1CCCCC1([Se])C2. The molecule has 1 N–H and O–H groups in total. The normalized spacial score (nSPS) is 52.9. The molecule has 4 unspecified atom stereocenters. The minimum atomic E-state index is -0.530. The van der Waals surface area contributed by atoms with Crippen molar-refractivity contribution in [1.82, 2.24) is 0 Å². The van der Waals surface area contributed by atoms with E-state index in [4.69, 9.17) is 4.74 Å². The minimum absolute atomic E-state index is 0.117. The second-order valence-electron chi connectivity index (χ2n) is 5.95. The molecular weight excluding hydrogens is 267 g/mol. The van der Waals surface area contributed by atoms with E-state index < -0.39 is 5.60 Å². The molecule has 91 valence electrons. The summed E-state index contributed by atoms with van der Waals surface area (Å²) in [6, 6.07) is 0. The van der Waals surface area contributed by atoms with Crippen molar-refractivity contribution in [3.05, 3.63) is 0 Å². The monoisotopic (exact) mass is 289 g/mol. The summed E-state index contributed by atoms with van der Waals surface area (Å²) in [4.78, 5) is 0. The number of hydrogen-bond donors (Lipinski definition) is 1. The van der Waals surface area contributed by atoms with Crippen molar-refractivity contribution in [1.29, 1.82) is 0 Å². The van der Waals surface area contributed by atoms with E-state index in [9.17, 15) is 5.11 Å². The molecule has 1 aliphatic heterocycles. The van der Waals surface area contributed by atoms with E-state index in [1.165, 1.54) is 32.1 Å². The van der Waals surface area contributed by atoms with Crippen molar-refractivity contribution < 1.29 is 9.84 Å². The van der Waals surface area contributed by atoms with E-state index in [2.05, 4.69) is 16.0 Å². The standard InChI is InChI=1S/C13H21O2Se/c14-12-7-3-1-5-10(12)15-11-6-2-4-8-13(11,16)9-12/h10-11,14H,1-9H2. The molecule has 0 bridgehead atoms. The first-order valence-corrected chi connectivity index (χ1v) is 7.56. The molecule has 1 saturated heterocycles. The van der Waals surface area contributed by atoms with Crippen LogP contribution in [0.2, 0.25) is 4.31 Å². The number of aliphatic hydroxyl groups is 1. The maximum absolute atomic E-state index is 10.8. The third-order valence-electron chi connectivity index (χ3n) is 4.76. The van der Waals surface area contributed by atoms with Gasteiger partial charge in [-0.1, -0.05) is 0 Å². The van der Waals surface area contributed by atoms with Crippen LogP contribution >= 0.6 is 0 Å². The summed E-state index contributed by atoms with van der Waals surface area (Å²) in [7, 11) is 0. The van der Waals surface area contributed by atoms with Gasteiger partial charge < -0.3 is 0 Å². The van der Waals surface area contributed by atoms with Gasteiger partial charge in [0.05, 0.1) is 0 Å². The third kappa shape index (κ3) is 1.77. The zero-order chi connectivity index (χ0) is 11.2. The van der Waals surface area contributed by atoms with Crippen molar-refractivity contribution in [3.8, 4) is 0 Å². The van der Waals surface area contributed by atoms with E-state index in [0.29, 0.717) is 6.10 Å². The molecule has 3 aliphatic rings. The number of fused-ring (bicyclic) bond motifs is 2. The molecule has 2 saturated carbocycles. The van der Waals surface area contributed by atoms with Crippen LogP contribution in [0.15, 0.2) is 0 Å². The summed E-state index contributed by atoms with van der Waals surface area (Å²) in [5.41, 5.74) is -0.530. The second kappa shape index (κ2) is 3.98. The topological polar surface area (TPSA) is 29.5 Å². The van der Waals surface area contributed by atoms with Gasteiger partial charge in [0.2, 0.25) is 0 Å². The van der Waals surface area contributed by atoms with Crippen LogP contribution in [0, 0.1) is 0 Å². The van der Waals surface area contributed by atoms with Gasteiger partial charge in [0.15, 0.2) is 0 Å². The molecule has 0 spiro atoms. The molecule has 3 heteroatoms. The van der Waals surface area contributed by atoms with Gasteiger partial charge in [-0.3, -0.25) is 0 Å².